The summed E-state index contributed by atoms with van der Waals surface area (Å²) in [6, 6.07) is 12.9. The lowest BCUT2D eigenvalue weighted by molar-refractivity contribution is -0.125. The molecule has 2 heterocycles. The molecule has 4 rings (SSSR count). The second kappa shape index (κ2) is 8.08. The number of amides is 2. The van der Waals surface area contributed by atoms with E-state index in [2.05, 4.69) is 20.2 Å². The highest BCUT2D eigenvalue weighted by Gasteiger charge is 2.41. The van der Waals surface area contributed by atoms with Crippen LogP contribution in [0.2, 0.25) is 0 Å². The zero-order chi connectivity index (χ0) is 21.1. The predicted molar refractivity (Wildman–Crippen MR) is 116 cm³/mol. The maximum absolute atomic E-state index is 13.2. The highest BCUT2D eigenvalue weighted by molar-refractivity contribution is 6.08. The van der Waals surface area contributed by atoms with Gasteiger partial charge in [0.2, 0.25) is 5.91 Å². The number of nitrogens with zero attached hydrogens (tertiary/aromatic N) is 3. The third kappa shape index (κ3) is 3.57. The second-order valence-corrected chi connectivity index (χ2v) is 7.61. The highest BCUT2D eigenvalue weighted by Crippen LogP contribution is 2.36. The SMILES string of the molecule is NCC1(C(=O)Nc2ccccc2)CCCN(c2ccc(C(N)=O)c3ncncc23)C1. The fourth-order valence-electron chi connectivity index (χ4n) is 4.10. The number of piperidine rings is 1. The molecule has 1 aromatic heterocycles. The van der Waals surface area contributed by atoms with E-state index >= 15 is 0 Å². The third-order valence-corrected chi connectivity index (χ3v) is 5.74. The van der Waals surface area contributed by atoms with E-state index in [-0.39, 0.29) is 12.5 Å². The summed E-state index contributed by atoms with van der Waals surface area (Å²) in [5.41, 5.74) is 13.4. The zero-order valence-electron chi connectivity index (χ0n) is 16.5. The van der Waals surface area contributed by atoms with Crippen LogP contribution >= 0.6 is 0 Å². The molecule has 0 bridgehead atoms. The van der Waals surface area contributed by atoms with Crippen molar-refractivity contribution in [3.05, 3.63) is 60.6 Å². The number of primary amides is 1. The number of benzene rings is 2. The topological polar surface area (TPSA) is 127 Å². The van der Waals surface area contributed by atoms with Crippen molar-refractivity contribution in [3.8, 4) is 0 Å². The van der Waals surface area contributed by atoms with Crippen molar-refractivity contribution in [3.63, 3.8) is 0 Å². The number of hydrogen-bond donors (Lipinski definition) is 3. The molecule has 2 aromatic carbocycles. The standard InChI is InChI=1S/C22H24N6O2/c23-12-22(21(30)27-15-5-2-1-3-6-15)9-4-10-28(13-22)18-8-7-16(20(24)29)19-17(18)11-25-14-26-19/h1-3,5-8,11,14H,4,9-10,12-13,23H2,(H2,24,29)(H,27,30). The number of nitrogens with one attached hydrogen (secondary N) is 1. The van der Waals surface area contributed by atoms with E-state index in [0.717, 1.165) is 29.7 Å². The number of carbonyl (C=O) groups is 2. The molecule has 1 aliphatic rings. The molecule has 2 amide bonds. The van der Waals surface area contributed by atoms with Crippen LogP contribution in [-0.2, 0) is 4.79 Å². The first kappa shape index (κ1) is 19.8. The van der Waals surface area contributed by atoms with Gasteiger partial charge in [-0.15, -0.1) is 0 Å². The van der Waals surface area contributed by atoms with Crippen molar-refractivity contribution in [2.75, 3.05) is 29.9 Å². The van der Waals surface area contributed by atoms with Gasteiger partial charge in [0.15, 0.2) is 0 Å². The van der Waals surface area contributed by atoms with Gasteiger partial charge in [-0.3, -0.25) is 9.59 Å². The molecule has 1 fully saturated rings. The van der Waals surface area contributed by atoms with Crippen molar-refractivity contribution in [2.24, 2.45) is 16.9 Å². The number of fused-ring (bicyclic) bond motifs is 1. The average molecular weight is 404 g/mol. The normalized spacial score (nSPS) is 18.9. The summed E-state index contributed by atoms with van der Waals surface area (Å²) < 4.78 is 0. The molecule has 30 heavy (non-hydrogen) atoms. The van der Waals surface area contributed by atoms with E-state index in [4.69, 9.17) is 11.5 Å². The Morgan fingerprint density at radius 2 is 1.97 bits per heavy atom. The van der Waals surface area contributed by atoms with Gasteiger partial charge in [0.05, 0.1) is 16.5 Å². The van der Waals surface area contributed by atoms with Gasteiger partial charge in [0.1, 0.15) is 6.33 Å². The molecular weight excluding hydrogens is 380 g/mol. The van der Waals surface area contributed by atoms with Gasteiger partial charge in [-0.1, -0.05) is 18.2 Å². The average Bonchev–Trinajstić information content (AvgIpc) is 2.78. The van der Waals surface area contributed by atoms with Crippen molar-refractivity contribution >= 4 is 34.1 Å². The molecule has 8 heteroatoms. The van der Waals surface area contributed by atoms with E-state index < -0.39 is 11.3 Å². The quantitative estimate of drug-likeness (QED) is 0.596. The van der Waals surface area contributed by atoms with Crippen LogP contribution in [0.5, 0.6) is 0 Å². The van der Waals surface area contributed by atoms with Crippen LogP contribution in [0.25, 0.3) is 10.9 Å². The molecule has 3 aromatic rings. The maximum Gasteiger partial charge on any atom is 0.250 e. The number of carbonyl (C=O) groups excluding carboxylic acids is 2. The lowest BCUT2D eigenvalue weighted by atomic mass is 9.78. The lowest BCUT2D eigenvalue weighted by Gasteiger charge is -2.42. The Bertz CT molecular complexity index is 1090. The van der Waals surface area contributed by atoms with Gasteiger partial charge >= 0.3 is 0 Å². The summed E-state index contributed by atoms with van der Waals surface area (Å²) in [4.78, 5) is 35.5. The Labute approximate surface area is 174 Å². The minimum atomic E-state index is -0.724. The Hall–Kier alpha value is -3.52. The summed E-state index contributed by atoms with van der Waals surface area (Å²) in [6.07, 6.45) is 4.58. The summed E-state index contributed by atoms with van der Waals surface area (Å²) >= 11 is 0. The second-order valence-electron chi connectivity index (χ2n) is 7.61. The number of aromatic nitrogens is 2. The van der Waals surface area contributed by atoms with E-state index in [0.29, 0.717) is 24.0 Å². The van der Waals surface area contributed by atoms with Gasteiger partial charge < -0.3 is 21.7 Å². The monoisotopic (exact) mass is 404 g/mol. The minimum Gasteiger partial charge on any atom is -0.370 e. The first-order valence-corrected chi connectivity index (χ1v) is 9.88. The molecule has 1 saturated heterocycles. The van der Waals surface area contributed by atoms with Crippen LogP contribution in [0, 0.1) is 5.41 Å². The Morgan fingerprint density at radius 3 is 2.70 bits per heavy atom. The minimum absolute atomic E-state index is 0.0878. The molecule has 0 radical (unpaired) electrons. The number of para-hydroxylation sites is 1. The number of anilines is 2. The highest BCUT2D eigenvalue weighted by atomic mass is 16.2. The summed E-state index contributed by atoms with van der Waals surface area (Å²) in [5.74, 6) is -0.627. The fourth-order valence-corrected chi connectivity index (χ4v) is 4.10. The van der Waals surface area contributed by atoms with E-state index in [9.17, 15) is 9.59 Å². The molecule has 154 valence electrons. The van der Waals surface area contributed by atoms with Crippen molar-refractivity contribution in [1.82, 2.24) is 9.97 Å². The van der Waals surface area contributed by atoms with Crippen molar-refractivity contribution in [2.45, 2.75) is 12.8 Å². The van der Waals surface area contributed by atoms with Gasteiger partial charge in [-0.2, -0.15) is 0 Å². The van der Waals surface area contributed by atoms with E-state index in [1.165, 1.54) is 6.33 Å². The Kier molecular flexibility index (Phi) is 5.33. The molecule has 1 atom stereocenters. The first-order chi connectivity index (χ1) is 14.5. The number of hydrogen-bond acceptors (Lipinski definition) is 6. The molecule has 1 aliphatic heterocycles. The van der Waals surface area contributed by atoms with Crippen LogP contribution in [0.4, 0.5) is 11.4 Å². The number of nitrogens with two attached hydrogens (primary N) is 2. The fraction of sp³-hybridized carbons (Fsp3) is 0.273. The van der Waals surface area contributed by atoms with Gasteiger partial charge in [-0.05, 0) is 37.1 Å². The summed E-state index contributed by atoms with van der Waals surface area (Å²) in [7, 11) is 0. The van der Waals surface area contributed by atoms with Crippen LogP contribution in [-0.4, -0.2) is 41.4 Å². The predicted octanol–water partition coefficient (Wildman–Crippen LogP) is 1.91. The van der Waals surface area contributed by atoms with Gasteiger partial charge in [-0.25, -0.2) is 9.97 Å². The van der Waals surface area contributed by atoms with Crippen LogP contribution in [0.1, 0.15) is 23.2 Å². The van der Waals surface area contributed by atoms with Gasteiger partial charge in [0, 0.05) is 42.6 Å². The largest absolute Gasteiger partial charge is 0.370 e. The number of rotatable bonds is 5. The zero-order valence-corrected chi connectivity index (χ0v) is 16.5. The molecule has 0 spiro atoms. The van der Waals surface area contributed by atoms with Gasteiger partial charge in [0.25, 0.3) is 5.91 Å². The lowest BCUT2D eigenvalue weighted by Crippen LogP contribution is -2.54. The molecule has 5 N–H and O–H groups in total. The Morgan fingerprint density at radius 1 is 1.17 bits per heavy atom. The molecule has 8 nitrogen and oxygen atoms in total. The Balaban J connectivity index is 1.67. The van der Waals surface area contributed by atoms with Crippen molar-refractivity contribution < 1.29 is 9.59 Å². The van der Waals surface area contributed by atoms with Crippen molar-refractivity contribution in [1.29, 1.82) is 0 Å². The first-order valence-electron chi connectivity index (χ1n) is 9.88. The van der Waals surface area contributed by atoms with Crippen LogP contribution in [0.15, 0.2) is 55.0 Å². The smallest absolute Gasteiger partial charge is 0.250 e. The summed E-state index contributed by atoms with van der Waals surface area (Å²) in [6.45, 7) is 1.46. The van der Waals surface area contributed by atoms with Crippen LogP contribution < -0.4 is 21.7 Å². The third-order valence-electron chi connectivity index (χ3n) is 5.74. The van der Waals surface area contributed by atoms with E-state index in [1.54, 1.807) is 12.3 Å². The molecule has 0 aliphatic carbocycles. The summed E-state index contributed by atoms with van der Waals surface area (Å²) in [5, 5.41) is 3.73. The molecule has 1 unspecified atom stereocenters. The maximum atomic E-state index is 13.2. The van der Waals surface area contributed by atoms with Crippen LogP contribution in [0.3, 0.4) is 0 Å². The molecule has 0 saturated carbocycles. The molecular formula is C22H24N6O2. The van der Waals surface area contributed by atoms with E-state index in [1.807, 2.05) is 36.4 Å².